The zero-order chi connectivity index (χ0) is 15.9. The molecule has 1 atom stereocenters. The van der Waals surface area contributed by atoms with Crippen LogP contribution in [0.1, 0.15) is 25.7 Å². The number of aliphatic hydroxyl groups excluding tert-OH is 1. The van der Waals surface area contributed by atoms with E-state index in [1.165, 1.54) is 0 Å². The third kappa shape index (κ3) is 4.24. The van der Waals surface area contributed by atoms with E-state index in [-0.39, 0.29) is 12.6 Å². The third-order valence-electron chi connectivity index (χ3n) is 3.87. The Morgan fingerprint density at radius 3 is 2.95 bits per heavy atom. The monoisotopic (exact) mass is 322 g/mol. The van der Waals surface area contributed by atoms with Crippen molar-refractivity contribution in [1.82, 2.24) is 4.90 Å². The van der Waals surface area contributed by atoms with Crippen molar-refractivity contribution in [3.8, 4) is 0 Å². The van der Waals surface area contributed by atoms with Crippen molar-refractivity contribution in [2.75, 3.05) is 24.7 Å². The van der Waals surface area contributed by atoms with Crippen LogP contribution in [0.2, 0.25) is 0 Å². The number of rotatable bonds is 4. The van der Waals surface area contributed by atoms with Crippen LogP contribution in [0.4, 0.5) is 5.69 Å². The minimum absolute atomic E-state index is 0.0328. The molecule has 2 amide bonds. The molecule has 0 bridgehead atoms. The van der Waals surface area contributed by atoms with Gasteiger partial charge in [-0.25, -0.2) is 0 Å². The zero-order valence-corrected chi connectivity index (χ0v) is 13.6. The number of hydrogen-bond donors (Lipinski definition) is 2. The lowest BCUT2D eigenvalue weighted by Crippen LogP contribution is -2.48. The first-order valence-corrected chi connectivity index (χ1v) is 8.75. The van der Waals surface area contributed by atoms with Crippen LogP contribution in [0, 0.1) is 0 Å². The van der Waals surface area contributed by atoms with Gasteiger partial charge in [0.1, 0.15) is 0 Å². The minimum Gasteiger partial charge on any atom is -0.396 e. The molecule has 1 aliphatic heterocycles. The van der Waals surface area contributed by atoms with Crippen LogP contribution in [0.15, 0.2) is 29.2 Å². The predicted octanol–water partition coefficient (Wildman–Crippen LogP) is 2.11. The normalized spacial score (nSPS) is 18.1. The number of likely N-dealkylation sites (tertiary alicyclic amines) is 1. The molecule has 1 aromatic carbocycles. The molecule has 120 valence electrons. The highest BCUT2D eigenvalue weighted by Gasteiger charge is 2.30. The van der Waals surface area contributed by atoms with Gasteiger partial charge in [-0.15, -0.1) is 11.8 Å². The highest BCUT2D eigenvalue weighted by molar-refractivity contribution is 7.98. The second-order valence-corrected chi connectivity index (χ2v) is 6.23. The average molecular weight is 322 g/mol. The molecule has 1 aliphatic rings. The van der Waals surface area contributed by atoms with Gasteiger partial charge in [0, 0.05) is 29.8 Å². The van der Waals surface area contributed by atoms with Crippen molar-refractivity contribution in [3.05, 3.63) is 24.3 Å². The van der Waals surface area contributed by atoms with Crippen molar-refractivity contribution in [3.63, 3.8) is 0 Å². The summed E-state index contributed by atoms with van der Waals surface area (Å²) in [7, 11) is 0. The fraction of sp³-hybridized carbons (Fsp3) is 0.500. The molecule has 0 radical (unpaired) electrons. The molecule has 0 saturated carbocycles. The van der Waals surface area contributed by atoms with Crippen LogP contribution < -0.4 is 5.32 Å². The van der Waals surface area contributed by atoms with E-state index in [2.05, 4.69) is 5.32 Å². The van der Waals surface area contributed by atoms with Gasteiger partial charge in [0.2, 0.25) is 0 Å². The number of amides is 2. The van der Waals surface area contributed by atoms with Crippen LogP contribution in [-0.2, 0) is 9.59 Å². The van der Waals surface area contributed by atoms with Gasteiger partial charge in [0.15, 0.2) is 0 Å². The highest BCUT2D eigenvalue weighted by atomic mass is 32.2. The Morgan fingerprint density at radius 1 is 1.41 bits per heavy atom. The summed E-state index contributed by atoms with van der Waals surface area (Å²) < 4.78 is 0. The molecule has 5 nitrogen and oxygen atoms in total. The van der Waals surface area contributed by atoms with Gasteiger partial charge in [-0.2, -0.15) is 0 Å². The number of nitrogens with zero attached hydrogens (tertiary/aromatic N) is 1. The topological polar surface area (TPSA) is 69.6 Å². The van der Waals surface area contributed by atoms with Crippen molar-refractivity contribution in [1.29, 1.82) is 0 Å². The van der Waals surface area contributed by atoms with E-state index in [1.54, 1.807) is 22.7 Å². The Hall–Kier alpha value is -1.53. The highest BCUT2D eigenvalue weighted by Crippen LogP contribution is 2.21. The van der Waals surface area contributed by atoms with E-state index in [4.69, 9.17) is 5.11 Å². The first-order valence-electron chi connectivity index (χ1n) is 7.52. The van der Waals surface area contributed by atoms with Crippen LogP contribution in [0.25, 0.3) is 0 Å². The van der Waals surface area contributed by atoms with Gasteiger partial charge in [0.25, 0.3) is 0 Å². The number of aliphatic hydroxyl groups is 1. The largest absolute Gasteiger partial charge is 0.396 e. The average Bonchev–Trinajstić information content (AvgIpc) is 2.55. The van der Waals surface area contributed by atoms with Crippen molar-refractivity contribution < 1.29 is 14.7 Å². The molecule has 1 aromatic rings. The van der Waals surface area contributed by atoms with Crippen LogP contribution >= 0.6 is 11.8 Å². The number of benzene rings is 1. The smallest absolute Gasteiger partial charge is 0.313 e. The zero-order valence-electron chi connectivity index (χ0n) is 12.7. The van der Waals surface area contributed by atoms with Crippen molar-refractivity contribution >= 4 is 29.3 Å². The number of carbonyl (C=O) groups excluding carboxylic acids is 2. The summed E-state index contributed by atoms with van der Waals surface area (Å²) in [6.07, 6.45) is 5.27. The maximum atomic E-state index is 12.4. The molecular formula is C16H22N2O3S. The fourth-order valence-corrected chi connectivity index (χ4v) is 3.19. The Balaban J connectivity index is 2.02. The van der Waals surface area contributed by atoms with Crippen LogP contribution in [0.3, 0.4) is 0 Å². The van der Waals surface area contributed by atoms with Crippen LogP contribution in [-0.4, -0.2) is 47.3 Å². The number of thioether (sulfide) groups is 1. The van der Waals surface area contributed by atoms with E-state index in [0.717, 1.165) is 24.2 Å². The van der Waals surface area contributed by atoms with E-state index in [9.17, 15) is 9.59 Å². The van der Waals surface area contributed by atoms with Gasteiger partial charge in [-0.05, 0) is 50.1 Å². The Kier molecular flexibility index (Phi) is 6.27. The van der Waals surface area contributed by atoms with Crippen LogP contribution in [0.5, 0.6) is 0 Å². The van der Waals surface area contributed by atoms with Crippen molar-refractivity contribution in [2.45, 2.75) is 36.6 Å². The molecule has 2 N–H and O–H groups in total. The van der Waals surface area contributed by atoms with E-state index in [1.807, 2.05) is 24.5 Å². The number of carbonyl (C=O) groups is 2. The molecule has 1 unspecified atom stereocenters. The van der Waals surface area contributed by atoms with Gasteiger partial charge in [0.05, 0.1) is 0 Å². The standard InChI is InChI=1S/C16H22N2O3S/c1-22-14-7-4-5-12(11-14)17-15(20)16(21)18-9-3-2-6-13(18)8-10-19/h4-5,7,11,13,19H,2-3,6,8-10H2,1H3,(H,17,20). The first kappa shape index (κ1) is 16.8. The summed E-state index contributed by atoms with van der Waals surface area (Å²) in [5.74, 6) is -1.12. The first-order chi connectivity index (χ1) is 10.7. The maximum Gasteiger partial charge on any atom is 0.313 e. The fourth-order valence-electron chi connectivity index (χ4n) is 2.73. The number of hydrogen-bond acceptors (Lipinski definition) is 4. The molecule has 1 heterocycles. The lowest BCUT2D eigenvalue weighted by molar-refractivity contribution is -0.146. The molecule has 0 spiro atoms. The quantitative estimate of drug-likeness (QED) is 0.658. The lowest BCUT2D eigenvalue weighted by Gasteiger charge is -2.35. The number of piperidine rings is 1. The van der Waals surface area contributed by atoms with E-state index >= 15 is 0 Å². The predicted molar refractivity (Wildman–Crippen MR) is 87.9 cm³/mol. The van der Waals surface area contributed by atoms with E-state index in [0.29, 0.717) is 18.7 Å². The second-order valence-electron chi connectivity index (χ2n) is 5.35. The van der Waals surface area contributed by atoms with E-state index < -0.39 is 11.8 Å². The molecule has 0 aromatic heterocycles. The number of anilines is 1. The summed E-state index contributed by atoms with van der Waals surface area (Å²) in [6, 6.07) is 7.38. The van der Waals surface area contributed by atoms with Crippen molar-refractivity contribution in [2.24, 2.45) is 0 Å². The molecule has 1 saturated heterocycles. The SMILES string of the molecule is CSc1cccc(NC(=O)C(=O)N2CCCCC2CCO)c1. The molecule has 6 heteroatoms. The minimum atomic E-state index is -0.608. The Morgan fingerprint density at radius 2 is 2.23 bits per heavy atom. The molecule has 22 heavy (non-hydrogen) atoms. The molecule has 0 aliphatic carbocycles. The maximum absolute atomic E-state index is 12.4. The molecular weight excluding hydrogens is 300 g/mol. The Labute approximate surface area is 135 Å². The lowest BCUT2D eigenvalue weighted by atomic mass is 9.99. The summed E-state index contributed by atoms with van der Waals surface area (Å²) in [6.45, 7) is 0.619. The van der Waals surface area contributed by atoms with Gasteiger partial charge in [-0.1, -0.05) is 6.07 Å². The summed E-state index contributed by atoms with van der Waals surface area (Å²) >= 11 is 1.58. The molecule has 1 fully saturated rings. The molecule has 2 rings (SSSR count). The summed E-state index contributed by atoms with van der Waals surface area (Å²) in [5, 5.41) is 11.8. The summed E-state index contributed by atoms with van der Waals surface area (Å²) in [5.41, 5.74) is 0.626. The van der Waals surface area contributed by atoms with Gasteiger partial charge < -0.3 is 15.3 Å². The second kappa shape index (κ2) is 8.19. The number of nitrogens with one attached hydrogen (secondary N) is 1. The van der Waals surface area contributed by atoms with Gasteiger partial charge in [-0.3, -0.25) is 9.59 Å². The Bertz CT molecular complexity index is 534. The summed E-state index contributed by atoms with van der Waals surface area (Å²) in [4.78, 5) is 27.2. The third-order valence-corrected chi connectivity index (χ3v) is 4.60. The van der Waals surface area contributed by atoms with Gasteiger partial charge >= 0.3 is 11.8 Å².